The number of carbonyl (C=O) groups is 1. The van der Waals surface area contributed by atoms with E-state index in [2.05, 4.69) is 33.2 Å². The predicted octanol–water partition coefficient (Wildman–Crippen LogP) is 2.03. The van der Waals surface area contributed by atoms with Gasteiger partial charge in [-0.3, -0.25) is 0 Å². The maximum absolute atomic E-state index is 11.5. The van der Waals surface area contributed by atoms with Gasteiger partial charge in [0.1, 0.15) is 0 Å². The van der Waals surface area contributed by atoms with E-state index in [4.69, 9.17) is 9.47 Å². The molecule has 2 amide bonds. The molecule has 0 heterocycles. The maximum Gasteiger partial charge on any atom is 0.319 e. The topological polar surface area (TPSA) is 59.6 Å². The molecule has 0 saturated heterocycles. The lowest BCUT2D eigenvalue weighted by Crippen LogP contribution is -2.36. The third kappa shape index (κ3) is 5.33. The number of halogens is 1. The van der Waals surface area contributed by atoms with Gasteiger partial charge in [-0.05, 0) is 40.8 Å². The fourth-order valence-corrected chi connectivity index (χ4v) is 1.72. The van der Waals surface area contributed by atoms with E-state index in [-0.39, 0.29) is 6.03 Å². The molecule has 0 atom stereocenters. The Labute approximate surface area is 114 Å². The van der Waals surface area contributed by atoms with Crippen molar-refractivity contribution in [1.82, 2.24) is 5.32 Å². The van der Waals surface area contributed by atoms with Crippen LogP contribution in [0.3, 0.4) is 0 Å². The molecule has 0 unspecified atom stereocenters. The van der Waals surface area contributed by atoms with E-state index in [1.165, 1.54) is 14.2 Å². The fraction of sp³-hybridized carbons (Fsp3) is 0.364. The Balaban J connectivity index is 2.39. The molecule has 1 aromatic rings. The molecule has 0 aliphatic carbocycles. The van der Waals surface area contributed by atoms with Crippen molar-refractivity contribution in [3.8, 4) is 0 Å². The second kappa shape index (κ2) is 7.46. The zero-order valence-electron chi connectivity index (χ0n) is 9.70. The van der Waals surface area contributed by atoms with Crippen LogP contribution in [0.25, 0.3) is 0 Å². The van der Waals surface area contributed by atoms with Gasteiger partial charge in [-0.2, -0.15) is 0 Å². The molecular weight excluding hydrogens is 335 g/mol. The van der Waals surface area contributed by atoms with E-state index < -0.39 is 6.29 Å². The van der Waals surface area contributed by atoms with Crippen molar-refractivity contribution < 1.29 is 14.3 Å². The minimum Gasteiger partial charge on any atom is -0.354 e. The summed E-state index contributed by atoms with van der Waals surface area (Å²) in [5.41, 5.74) is 0.751. The molecule has 0 fully saturated rings. The Hall–Kier alpha value is -0.860. The van der Waals surface area contributed by atoms with E-state index in [1.807, 2.05) is 24.3 Å². The lowest BCUT2D eigenvalue weighted by molar-refractivity contribution is -0.0970. The molecule has 0 radical (unpaired) electrons. The van der Waals surface area contributed by atoms with Crippen molar-refractivity contribution in [1.29, 1.82) is 0 Å². The third-order valence-corrected chi connectivity index (χ3v) is 2.71. The summed E-state index contributed by atoms with van der Waals surface area (Å²) in [4.78, 5) is 11.5. The normalized spacial score (nSPS) is 10.4. The number of nitrogens with one attached hydrogen (secondary N) is 2. The van der Waals surface area contributed by atoms with Crippen LogP contribution in [0.5, 0.6) is 0 Å². The molecule has 17 heavy (non-hydrogen) atoms. The van der Waals surface area contributed by atoms with E-state index >= 15 is 0 Å². The molecule has 1 aromatic carbocycles. The Morgan fingerprint density at radius 1 is 1.41 bits per heavy atom. The number of urea groups is 1. The van der Waals surface area contributed by atoms with Gasteiger partial charge in [-0.1, -0.05) is 6.07 Å². The van der Waals surface area contributed by atoms with Crippen molar-refractivity contribution >= 4 is 34.3 Å². The van der Waals surface area contributed by atoms with Crippen LogP contribution in [0.2, 0.25) is 0 Å². The number of benzene rings is 1. The molecule has 0 spiro atoms. The quantitative estimate of drug-likeness (QED) is 0.631. The van der Waals surface area contributed by atoms with E-state index in [0.717, 1.165) is 9.26 Å². The summed E-state index contributed by atoms with van der Waals surface area (Å²) < 4.78 is 11.0. The van der Waals surface area contributed by atoms with Crippen LogP contribution >= 0.6 is 22.6 Å². The molecular formula is C11H15IN2O3. The van der Waals surface area contributed by atoms with Gasteiger partial charge in [0.15, 0.2) is 6.29 Å². The molecule has 0 saturated carbocycles. The highest BCUT2D eigenvalue weighted by molar-refractivity contribution is 14.1. The number of hydrogen-bond donors (Lipinski definition) is 2. The van der Waals surface area contributed by atoms with Gasteiger partial charge in [0.05, 0.1) is 6.54 Å². The van der Waals surface area contributed by atoms with Crippen LogP contribution in [0, 0.1) is 3.57 Å². The Morgan fingerprint density at radius 2 is 2.12 bits per heavy atom. The van der Waals surface area contributed by atoms with E-state index in [0.29, 0.717) is 6.54 Å². The zero-order chi connectivity index (χ0) is 12.7. The lowest BCUT2D eigenvalue weighted by Gasteiger charge is -2.14. The second-order valence-electron chi connectivity index (χ2n) is 3.25. The summed E-state index contributed by atoms with van der Waals surface area (Å²) in [5, 5.41) is 5.37. The molecule has 0 bridgehead atoms. The molecule has 1 rings (SSSR count). The Bertz CT molecular complexity index is 369. The van der Waals surface area contributed by atoms with Crippen molar-refractivity contribution in [2.45, 2.75) is 6.29 Å². The zero-order valence-corrected chi connectivity index (χ0v) is 11.9. The summed E-state index contributed by atoms with van der Waals surface area (Å²) in [6.07, 6.45) is -0.434. The first-order valence-corrected chi connectivity index (χ1v) is 6.09. The SMILES string of the molecule is COC(CNC(=O)Nc1cccc(I)c1)OC. The standard InChI is InChI=1S/C11H15IN2O3/c1-16-10(17-2)7-13-11(15)14-9-5-3-4-8(12)6-9/h3-6,10H,7H2,1-2H3,(H2,13,14,15). The Morgan fingerprint density at radius 3 is 2.71 bits per heavy atom. The number of rotatable bonds is 5. The average Bonchev–Trinajstić information content (AvgIpc) is 2.30. The number of methoxy groups -OCH3 is 2. The van der Waals surface area contributed by atoms with Crippen LogP contribution in [0.15, 0.2) is 24.3 Å². The van der Waals surface area contributed by atoms with Crippen LogP contribution in [0.1, 0.15) is 0 Å². The Kier molecular flexibility index (Phi) is 6.23. The van der Waals surface area contributed by atoms with Crippen LogP contribution < -0.4 is 10.6 Å². The van der Waals surface area contributed by atoms with Gasteiger partial charge < -0.3 is 20.1 Å². The summed E-state index contributed by atoms with van der Waals surface area (Å²) in [6, 6.07) is 7.25. The first-order chi connectivity index (χ1) is 8.15. The molecule has 94 valence electrons. The maximum atomic E-state index is 11.5. The van der Waals surface area contributed by atoms with E-state index in [9.17, 15) is 4.79 Å². The second-order valence-corrected chi connectivity index (χ2v) is 4.49. The molecule has 0 aromatic heterocycles. The van der Waals surface area contributed by atoms with E-state index in [1.54, 1.807) is 0 Å². The van der Waals surface area contributed by atoms with Gasteiger partial charge in [-0.25, -0.2) is 4.79 Å². The predicted molar refractivity (Wildman–Crippen MR) is 74.0 cm³/mol. The first-order valence-electron chi connectivity index (χ1n) is 5.01. The molecule has 0 aliphatic heterocycles. The van der Waals surface area contributed by atoms with Gasteiger partial charge in [0.2, 0.25) is 0 Å². The van der Waals surface area contributed by atoms with Crippen molar-refractivity contribution in [2.75, 3.05) is 26.1 Å². The summed E-state index contributed by atoms with van der Waals surface area (Å²) in [7, 11) is 3.04. The number of ether oxygens (including phenoxy) is 2. The van der Waals surface area contributed by atoms with Crippen LogP contribution in [0.4, 0.5) is 10.5 Å². The van der Waals surface area contributed by atoms with Crippen LogP contribution in [-0.2, 0) is 9.47 Å². The van der Waals surface area contributed by atoms with Crippen LogP contribution in [-0.4, -0.2) is 33.1 Å². The minimum absolute atomic E-state index is 0.286. The smallest absolute Gasteiger partial charge is 0.319 e. The third-order valence-electron chi connectivity index (χ3n) is 2.04. The summed E-state index contributed by atoms with van der Waals surface area (Å²) in [6.45, 7) is 0.294. The summed E-state index contributed by atoms with van der Waals surface area (Å²) >= 11 is 2.18. The molecule has 0 aliphatic rings. The molecule has 5 nitrogen and oxygen atoms in total. The van der Waals surface area contributed by atoms with Gasteiger partial charge >= 0.3 is 6.03 Å². The number of amides is 2. The number of anilines is 1. The fourth-order valence-electron chi connectivity index (χ4n) is 1.18. The highest BCUT2D eigenvalue weighted by atomic mass is 127. The van der Waals surface area contributed by atoms with Crippen molar-refractivity contribution in [3.63, 3.8) is 0 Å². The van der Waals surface area contributed by atoms with Gasteiger partial charge in [0.25, 0.3) is 0 Å². The largest absolute Gasteiger partial charge is 0.354 e. The van der Waals surface area contributed by atoms with Crippen molar-refractivity contribution in [3.05, 3.63) is 27.8 Å². The minimum atomic E-state index is -0.434. The highest BCUT2D eigenvalue weighted by Crippen LogP contribution is 2.11. The summed E-state index contributed by atoms with van der Waals surface area (Å²) in [5.74, 6) is 0. The first kappa shape index (κ1) is 14.2. The van der Waals surface area contributed by atoms with Crippen molar-refractivity contribution in [2.24, 2.45) is 0 Å². The number of hydrogen-bond acceptors (Lipinski definition) is 3. The van der Waals surface area contributed by atoms with Gasteiger partial charge in [-0.15, -0.1) is 0 Å². The monoisotopic (exact) mass is 350 g/mol. The molecule has 6 heteroatoms. The number of carbonyl (C=O) groups excluding carboxylic acids is 1. The average molecular weight is 350 g/mol. The lowest BCUT2D eigenvalue weighted by atomic mass is 10.3. The molecule has 2 N–H and O–H groups in total. The van der Waals surface area contributed by atoms with Gasteiger partial charge in [0, 0.05) is 23.5 Å². The highest BCUT2D eigenvalue weighted by Gasteiger charge is 2.07.